The maximum Gasteiger partial charge on any atom is 0.229 e. The first-order valence-electron chi connectivity index (χ1n) is 15.8. The average molecular weight is 711 g/mol. The molecular formula is C33H42BrFN9OP. The number of nitrogens with zero attached hydrogens (tertiary/aromatic N) is 7. The van der Waals surface area contributed by atoms with Gasteiger partial charge in [-0.25, -0.2) is 9.37 Å². The minimum absolute atomic E-state index is 0.348. The van der Waals surface area contributed by atoms with E-state index in [1.807, 2.05) is 0 Å². The Hall–Kier alpha value is -3.18. The highest BCUT2D eigenvalue weighted by Gasteiger charge is 2.28. The number of fused-ring (bicyclic) bond motifs is 1. The SMILES string of the molecule is CCc1cc(Nc2ncc(Br)c(Nc3c(F)cc4nccnc4c3P(C)C)n2)c(OC)cc1N1CCC(N2CCN(C)CC2)CC1. The summed E-state index contributed by atoms with van der Waals surface area (Å²) in [5.41, 5.74) is 4.80. The van der Waals surface area contributed by atoms with Crippen LogP contribution in [0.1, 0.15) is 25.3 Å². The van der Waals surface area contributed by atoms with Crippen LogP contribution in [0.4, 0.5) is 33.2 Å². The predicted molar refractivity (Wildman–Crippen MR) is 191 cm³/mol. The van der Waals surface area contributed by atoms with Crippen LogP contribution in [-0.2, 0) is 6.42 Å². The zero-order valence-corrected chi connectivity index (χ0v) is 29.6. The second-order valence-corrected chi connectivity index (χ2v) is 15.2. The van der Waals surface area contributed by atoms with Crippen molar-refractivity contribution in [2.75, 3.05) is 82.3 Å². The van der Waals surface area contributed by atoms with Crippen molar-refractivity contribution in [3.63, 3.8) is 0 Å². The summed E-state index contributed by atoms with van der Waals surface area (Å²) >= 11 is 3.55. The summed E-state index contributed by atoms with van der Waals surface area (Å²) in [7, 11) is 3.18. The first-order valence-corrected chi connectivity index (χ1v) is 18.8. The number of benzene rings is 2. The zero-order chi connectivity index (χ0) is 32.4. The zero-order valence-electron chi connectivity index (χ0n) is 27.1. The third-order valence-corrected chi connectivity index (χ3v) is 10.9. The van der Waals surface area contributed by atoms with Crippen molar-refractivity contribution in [1.82, 2.24) is 29.7 Å². The van der Waals surface area contributed by atoms with Crippen LogP contribution in [-0.4, -0.2) is 103 Å². The lowest BCUT2D eigenvalue weighted by Gasteiger charge is -2.43. The largest absolute Gasteiger partial charge is 0.494 e. The Morgan fingerprint density at radius 1 is 1.00 bits per heavy atom. The monoisotopic (exact) mass is 709 g/mol. The fourth-order valence-corrected chi connectivity index (χ4v) is 7.98. The number of likely N-dealkylation sites (N-methyl/N-ethyl adjacent to an activating group) is 1. The molecule has 0 saturated carbocycles. The molecule has 0 radical (unpaired) electrons. The second-order valence-electron chi connectivity index (χ2n) is 12.1. The molecule has 0 aliphatic carbocycles. The quantitative estimate of drug-likeness (QED) is 0.203. The van der Waals surface area contributed by atoms with Crippen molar-refractivity contribution in [1.29, 1.82) is 0 Å². The molecule has 2 fully saturated rings. The molecule has 2 aliphatic heterocycles. The van der Waals surface area contributed by atoms with Crippen LogP contribution in [0.3, 0.4) is 0 Å². The van der Waals surface area contributed by atoms with Gasteiger partial charge in [-0.3, -0.25) is 14.9 Å². The van der Waals surface area contributed by atoms with Gasteiger partial charge in [-0.2, -0.15) is 4.98 Å². The van der Waals surface area contributed by atoms with Gasteiger partial charge < -0.3 is 25.2 Å². The molecule has 244 valence electrons. The Morgan fingerprint density at radius 3 is 2.43 bits per heavy atom. The summed E-state index contributed by atoms with van der Waals surface area (Å²) in [6.07, 6.45) is 8.08. The van der Waals surface area contributed by atoms with E-state index in [1.165, 1.54) is 30.2 Å². The molecule has 2 aromatic carbocycles. The van der Waals surface area contributed by atoms with E-state index in [9.17, 15) is 0 Å². The highest BCUT2D eigenvalue weighted by Crippen LogP contribution is 2.38. The first-order chi connectivity index (χ1) is 22.2. The van der Waals surface area contributed by atoms with E-state index in [4.69, 9.17) is 9.72 Å². The molecular weight excluding hydrogens is 668 g/mol. The van der Waals surface area contributed by atoms with E-state index in [1.54, 1.807) is 25.7 Å². The molecule has 2 aliphatic rings. The summed E-state index contributed by atoms with van der Waals surface area (Å²) in [6.45, 7) is 13.0. The smallest absolute Gasteiger partial charge is 0.229 e. The lowest BCUT2D eigenvalue weighted by Crippen LogP contribution is -2.52. The Bertz CT molecular complexity index is 1690. The number of piperazine rings is 1. The van der Waals surface area contributed by atoms with Crippen molar-refractivity contribution in [3.8, 4) is 5.75 Å². The molecule has 0 atom stereocenters. The molecule has 13 heteroatoms. The van der Waals surface area contributed by atoms with Gasteiger partial charge in [-0.1, -0.05) is 14.8 Å². The van der Waals surface area contributed by atoms with Crippen LogP contribution < -0.4 is 25.6 Å². The lowest BCUT2D eigenvalue weighted by molar-refractivity contribution is 0.0982. The number of rotatable bonds is 9. The van der Waals surface area contributed by atoms with Gasteiger partial charge in [-0.05, 0) is 67.2 Å². The third-order valence-electron chi connectivity index (χ3n) is 9.01. The predicted octanol–water partition coefficient (Wildman–Crippen LogP) is 5.96. The molecule has 4 aromatic rings. The number of aryl methyl sites for hydroxylation is 1. The summed E-state index contributed by atoms with van der Waals surface area (Å²) in [5, 5.41) is 7.40. The third kappa shape index (κ3) is 6.90. The number of methoxy groups -OCH3 is 1. The van der Waals surface area contributed by atoms with E-state index in [0.717, 1.165) is 62.4 Å². The summed E-state index contributed by atoms with van der Waals surface area (Å²) in [6, 6.07) is 6.34. The highest BCUT2D eigenvalue weighted by atomic mass is 79.9. The number of nitrogens with one attached hydrogen (secondary N) is 2. The van der Waals surface area contributed by atoms with Crippen molar-refractivity contribution < 1.29 is 9.13 Å². The number of anilines is 5. The average Bonchev–Trinajstić information content (AvgIpc) is 3.06. The standard InChI is InChI=1S/C33H42BrFN9OP/c1-6-21-17-25(28(45-3)19-27(21)44-11-7-22(8-12-44)43-15-13-42(2)14-16-43)39-33-38-20-23(34)32(41-33)40-29-24(35)18-26-30(31(29)46(4)5)37-10-9-36-26/h9-10,17-20,22H,6-8,11-16H2,1-5H3,(H2,38,39,40,41). The second kappa shape index (κ2) is 14.3. The van der Waals surface area contributed by atoms with E-state index in [2.05, 4.69) is 95.6 Å². The van der Waals surface area contributed by atoms with Crippen molar-refractivity contribution in [2.45, 2.75) is 32.2 Å². The Balaban J connectivity index is 1.23. The molecule has 2 saturated heterocycles. The maximum absolute atomic E-state index is 15.5. The van der Waals surface area contributed by atoms with Crippen molar-refractivity contribution in [3.05, 3.63) is 52.6 Å². The van der Waals surface area contributed by atoms with Gasteiger partial charge in [-0.15, -0.1) is 0 Å². The van der Waals surface area contributed by atoms with Crippen LogP contribution in [0.5, 0.6) is 5.75 Å². The van der Waals surface area contributed by atoms with E-state index >= 15 is 4.39 Å². The van der Waals surface area contributed by atoms with Crippen molar-refractivity contribution in [2.24, 2.45) is 0 Å². The molecule has 6 rings (SSSR count). The van der Waals surface area contributed by atoms with E-state index < -0.39 is 13.7 Å². The molecule has 0 amide bonds. The minimum atomic E-state index is -0.719. The molecule has 10 nitrogen and oxygen atoms in total. The Morgan fingerprint density at radius 2 is 1.74 bits per heavy atom. The van der Waals surface area contributed by atoms with Gasteiger partial charge in [0.1, 0.15) is 17.4 Å². The van der Waals surface area contributed by atoms with Gasteiger partial charge in [0.05, 0.1) is 34.0 Å². The molecule has 46 heavy (non-hydrogen) atoms. The number of hydrogen-bond acceptors (Lipinski definition) is 10. The van der Waals surface area contributed by atoms with Crippen LogP contribution >= 0.6 is 23.9 Å². The Kier molecular flexibility index (Phi) is 10.2. The van der Waals surface area contributed by atoms with Crippen LogP contribution in [0.25, 0.3) is 11.0 Å². The van der Waals surface area contributed by atoms with Gasteiger partial charge >= 0.3 is 0 Å². The van der Waals surface area contributed by atoms with Crippen LogP contribution in [0.2, 0.25) is 0 Å². The number of aromatic nitrogens is 4. The van der Waals surface area contributed by atoms with Crippen LogP contribution in [0, 0.1) is 5.82 Å². The normalized spacial score (nSPS) is 16.7. The maximum atomic E-state index is 15.5. The van der Waals surface area contributed by atoms with E-state index in [0.29, 0.717) is 39.0 Å². The first kappa shape index (κ1) is 32.7. The number of ether oxygens (including phenoxy) is 1. The molecule has 2 N–H and O–H groups in total. The molecule has 0 bridgehead atoms. The van der Waals surface area contributed by atoms with Gasteiger partial charge in [0, 0.05) is 87.0 Å². The minimum Gasteiger partial charge on any atom is -0.494 e. The topological polar surface area (TPSA) is 94.6 Å². The van der Waals surface area contributed by atoms with Gasteiger partial charge in [0.15, 0.2) is 0 Å². The van der Waals surface area contributed by atoms with Gasteiger partial charge in [0.2, 0.25) is 5.95 Å². The van der Waals surface area contributed by atoms with Gasteiger partial charge in [0.25, 0.3) is 0 Å². The van der Waals surface area contributed by atoms with Crippen molar-refractivity contribution >= 4 is 69.0 Å². The number of halogens is 2. The fourth-order valence-electron chi connectivity index (χ4n) is 6.49. The fraction of sp³-hybridized carbons (Fsp3) is 0.455. The van der Waals surface area contributed by atoms with E-state index in [-0.39, 0.29) is 0 Å². The number of piperidine rings is 1. The number of hydrogen-bond donors (Lipinski definition) is 2. The Labute approximate surface area is 280 Å². The molecule has 0 unspecified atom stereocenters. The molecule has 4 heterocycles. The van der Waals surface area contributed by atoms with Crippen LogP contribution in [0.15, 0.2) is 41.3 Å². The molecule has 2 aromatic heterocycles. The highest BCUT2D eigenvalue weighted by molar-refractivity contribution is 9.10. The lowest BCUT2D eigenvalue weighted by atomic mass is 9.99. The summed E-state index contributed by atoms with van der Waals surface area (Å²) in [4.78, 5) is 25.7. The summed E-state index contributed by atoms with van der Waals surface area (Å²) in [5.74, 6) is 1.12. The molecule has 0 spiro atoms. The summed E-state index contributed by atoms with van der Waals surface area (Å²) < 4.78 is 22.0.